The molecule has 2 aliphatic carbocycles. The highest BCUT2D eigenvalue weighted by molar-refractivity contribution is 5.94. The van der Waals surface area contributed by atoms with Crippen LogP contribution in [0.1, 0.15) is 50.5 Å². The first-order valence-corrected chi connectivity index (χ1v) is 13.9. The molecule has 0 amide bonds. The number of morpholine rings is 1. The van der Waals surface area contributed by atoms with Crippen LogP contribution in [0, 0.1) is 11.8 Å². The molecule has 0 unspecified atom stereocenters. The van der Waals surface area contributed by atoms with Crippen LogP contribution in [0.25, 0.3) is 22.2 Å². The molecule has 0 radical (unpaired) electrons. The molecule has 7 nitrogen and oxygen atoms in total. The number of hydrogen-bond donors (Lipinski definition) is 2. The van der Waals surface area contributed by atoms with Gasteiger partial charge in [-0.15, -0.1) is 0 Å². The summed E-state index contributed by atoms with van der Waals surface area (Å²) in [4.78, 5) is 12.1. The third-order valence-electron chi connectivity index (χ3n) is 8.19. The van der Waals surface area contributed by atoms with Gasteiger partial charge in [0.05, 0.1) is 19.3 Å². The SMILES string of the molecule is OC1CCC(Cn2cc(-c3ccc(CN4CCOCC4)cc3)c3cnc(NCCC4CC4)nc32)CC1. The van der Waals surface area contributed by atoms with E-state index in [0.29, 0.717) is 5.92 Å². The average molecular weight is 490 g/mol. The van der Waals surface area contributed by atoms with Crippen LogP contribution >= 0.6 is 0 Å². The molecular weight excluding hydrogens is 450 g/mol. The van der Waals surface area contributed by atoms with Crippen molar-refractivity contribution >= 4 is 17.0 Å². The summed E-state index contributed by atoms with van der Waals surface area (Å²) in [5, 5.41) is 14.5. The van der Waals surface area contributed by atoms with Crippen LogP contribution in [-0.2, 0) is 17.8 Å². The number of fused-ring (bicyclic) bond motifs is 1. The summed E-state index contributed by atoms with van der Waals surface area (Å²) >= 11 is 0. The number of aromatic nitrogens is 3. The number of aliphatic hydroxyl groups excluding tert-OH is 1. The van der Waals surface area contributed by atoms with Gasteiger partial charge in [0.15, 0.2) is 0 Å². The monoisotopic (exact) mass is 489 g/mol. The quantitative estimate of drug-likeness (QED) is 0.454. The number of rotatable bonds is 9. The second-order valence-electron chi connectivity index (χ2n) is 11.0. The molecule has 1 aliphatic heterocycles. The maximum atomic E-state index is 9.96. The van der Waals surface area contributed by atoms with Crippen LogP contribution in [0.15, 0.2) is 36.7 Å². The fourth-order valence-corrected chi connectivity index (χ4v) is 5.73. The van der Waals surface area contributed by atoms with Gasteiger partial charge >= 0.3 is 0 Å². The summed E-state index contributed by atoms with van der Waals surface area (Å²) in [5.41, 5.74) is 4.76. The molecule has 3 fully saturated rings. The summed E-state index contributed by atoms with van der Waals surface area (Å²) in [6.45, 7) is 6.51. The van der Waals surface area contributed by atoms with Gasteiger partial charge in [0.2, 0.25) is 5.95 Å². The van der Waals surface area contributed by atoms with Crippen molar-refractivity contribution < 1.29 is 9.84 Å². The molecule has 2 aromatic heterocycles. The molecule has 3 aromatic rings. The Morgan fingerprint density at radius 2 is 1.72 bits per heavy atom. The number of hydrogen-bond acceptors (Lipinski definition) is 6. The fraction of sp³-hybridized carbons (Fsp3) is 0.586. The van der Waals surface area contributed by atoms with Crippen molar-refractivity contribution in [2.75, 3.05) is 38.2 Å². The minimum atomic E-state index is -0.126. The number of benzene rings is 1. The fourth-order valence-electron chi connectivity index (χ4n) is 5.73. The van der Waals surface area contributed by atoms with E-state index in [1.165, 1.54) is 36.0 Å². The molecule has 1 saturated heterocycles. The zero-order valence-corrected chi connectivity index (χ0v) is 21.2. The van der Waals surface area contributed by atoms with E-state index < -0.39 is 0 Å². The van der Waals surface area contributed by atoms with E-state index in [9.17, 15) is 5.11 Å². The van der Waals surface area contributed by atoms with Gasteiger partial charge in [-0.3, -0.25) is 4.90 Å². The summed E-state index contributed by atoms with van der Waals surface area (Å²) in [7, 11) is 0. The van der Waals surface area contributed by atoms with Crippen molar-refractivity contribution in [1.82, 2.24) is 19.4 Å². The van der Waals surface area contributed by atoms with Crippen LogP contribution in [0.3, 0.4) is 0 Å². The first kappa shape index (κ1) is 23.9. The Morgan fingerprint density at radius 1 is 0.972 bits per heavy atom. The van der Waals surface area contributed by atoms with Gasteiger partial charge in [0, 0.05) is 56.1 Å². The van der Waals surface area contributed by atoms with E-state index >= 15 is 0 Å². The van der Waals surface area contributed by atoms with E-state index in [4.69, 9.17) is 9.72 Å². The van der Waals surface area contributed by atoms with Crippen LogP contribution in [0.5, 0.6) is 0 Å². The molecule has 2 N–H and O–H groups in total. The summed E-state index contributed by atoms with van der Waals surface area (Å²) < 4.78 is 7.82. The lowest BCUT2D eigenvalue weighted by atomic mass is 9.87. The number of nitrogens with zero attached hydrogens (tertiary/aromatic N) is 4. The van der Waals surface area contributed by atoms with Crippen molar-refractivity contribution in [2.24, 2.45) is 11.8 Å². The number of nitrogens with one attached hydrogen (secondary N) is 1. The molecule has 192 valence electrons. The van der Waals surface area contributed by atoms with Gasteiger partial charge in [-0.05, 0) is 55.1 Å². The molecule has 0 spiro atoms. The Balaban J connectivity index is 1.24. The zero-order chi connectivity index (χ0) is 24.3. The molecule has 6 rings (SSSR count). The highest BCUT2D eigenvalue weighted by atomic mass is 16.5. The maximum Gasteiger partial charge on any atom is 0.224 e. The topological polar surface area (TPSA) is 75.4 Å². The van der Waals surface area contributed by atoms with Crippen LogP contribution < -0.4 is 5.32 Å². The van der Waals surface area contributed by atoms with Gasteiger partial charge in [-0.2, -0.15) is 4.98 Å². The summed E-state index contributed by atoms with van der Waals surface area (Å²) in [6, 6.07) is 9.00. The average Bonchev–Trinajstić information content (AvgIpc) is 3.67. The molecule has 7 heteroatoms. The molecule has 2 saturated carbocycles. The molecular formula is C29H39N5O2. The van der Waals surface area contributed by atoms with Gasteiger partial charge < -0.3 is 19.7 Å². The van der Waals surface area contributed by atoms with Crippen molar-refractivity contribution in [1.29, 1.82) is 0 Å². The smallest absolute Gasteiger partial charge is 0.224 e. The third kappa shape index (κ3) is 5.74. The first-order chi connectivity index (χ1) is 17.7. The highest BCUT2D eigenvalue weighted by Crippen LogP contribution is 2.34. The Morgan fingerprint density at radius 3 is 2.47 bits per heavy atom. The van der Waals surface area contributed by atoms with Crippen LogP contribution in [-0.4, -0.2) is 63.5 Å². The van der Waals surface area contributed by atoms with E-state index in [1.807, 2.05) is 6.20 Å². The Kier molecular flexibility index (Phi) is 7.21. The van der Waals surface area contributed by atoms with Gasteiger partial charge in [0.1, 0.15) is 5.65 Å². The van der Waals surface area contributed by atoms with E-state index in [0.717, 1.165) is 94.5 Å². The lowest BCUT2D eigenvalue weighted by Crippen LogP contribution is -2.35. The zero-order valence-electron chi connectivity index (χ0n) is 21.2. The molecule has 3 heterocycles. The second kappa shape index (κ2) is 10.9. The van der Waals surface area contributed by atoms with Crippen molar-refractivity contribution in [3.8, 4) is 11.1 Å². The predicted octanol–water partition coefficient (Wildman–Crippen LogP) is 4.69. The van der Waals surface area contributed by atoms with Crippen LogP contribution in [0.2, 0.25) is 0 Å². The van der Waals surface area contributed by atoms with Gasteiger partial charge in [-0.25, -0.2) is 4.98 Å². The van der Waals surface area contributed by atoms with E-state index in [2.05, 4.69) is 50.2 Å². The lowest BCUT2D eigenvalue weighted by Gasteiger charge is -2.26. The van der Waals surface area contributed by atoms with Crippen LogP contribution in [0.4, 0.5) is 5.95 Å². The van der Waals surface area contributed by atoms with Crippen molar-refractivity contribution in [2.45, 2.75) is 64.1 Å². The minimum Gasteiger partial charge on any atom is -0.393 e. The Hall–Kier alpha value is -2.48. The first-order valence-electron chi connectivity index (χ1n) is 13.9. The van der Waals surface area contributed by atoms with Gasteiger partial charge in [-0.1, -0.05) is 37.1 Å². The van der Waals surface area contributed by atoms with E-state index in [1.54, 1.807) is 0 Å². The summed E-state index contributed by atoms with van der Waals surface area (Å²) in [5.74, 6) is 2.20. The normalized spacial score (nSPS) is 23.2. The standard InChI is InChI=1S/C29H39N5O2/c35-25-9-5-23(6-10-25)19-34-20-27(24-7-3-22(4-8-24)18-33-13-15-36-16-14-33)26-17-31-29(32-28(26)34)30-12-11-21-1-2-21/h3-4,7-8,17,20-21,23,25,35H,1-2,5-6,9-16,18-19H2,(H,30,31,32). The molecule has 36 heavy (non-hydrogen) atoms. The maximum absolute atomic E-state index is 9.96. The molecule has 0 bridgehead atoms. The highest BCUT2D eigenvalue weighted by Gasteiger charge is 2.23. The van der Waals surface area contributed by atoms with Crippen molar-refractivity contribution in [3.05, 3.63) is 42.2 Å². The molecule has 1 aromatic carbocycles. The lowest BCUT2D eigenvalue weighted by molar-refractivity contribution is 0.0342. The second-order valence-corrected chi connectivity index (χ2v) is 11.0. The minimum absolute atomic E-state index is 0.126. The van der Waals surface area contributed by atoms with Gasteiger partial charge in [0.25, 0.3) is 0 Å². The predicted molar refractivity (Wildman–Crippen MR) is 143 cm³/mol. The molecule has 3 aliphatic rings. The Bertz CT molecular complexity index is 1140. The number of aliphatic hydroxyl groups is 1. The number of anilines is 1. The number of ether oxygens (including phenoxy) is 1. The largest absolute Gasteiger partial charge is 0.393 e. The van der Waals surface area contributed by atoms with E-state index in [-0.39, 0.29) is 6.10 Å². The Labute approximate surface area is 213 Å². The summed E-state index contributed by atoms with van der Waals surface area (Å²) in [6.07, 6.45) is 12.1. The third-order valence-corrected chi connectivity index (χ3v) is 8.19. The van der Waals surface area contributed by atoms with Crippen molar-refractivity contribution in [3.63, 3.8) is 0 Å². The molecule has 0 atom stereocenters.